The topological polar surface area (TPSA) is 22.1 Å². The van der Waals surface area contributed by atoms with Gasteiger partial charge in [-0.25, -0.2) is 4.98 Å². The van der Waals surface area contributed by atoms with Crippen molar-refractivity contribution in [2.45, 2.75) is 12.8 Å². The predicted molar refractivity (Wildman–Crippen MR) is 75.4 cm³/mol. The zero-order valence-corrected chi connectivity index (χ0v) is 12.1. The average molecular weight is 312 g/mol. The van der Waals surface area contributed by atoms with Crippen molar-refractivity contribution in [3.63, 3.8) is 0 Å². The van der Waals surface area contributed by atoms with Gasteiger partial charge in [0.1, 0.15) is 0 Å². The maximum atomic E-state index is 5.04. The summed E-state index contributed by atoms with van der Waals surface area (Å²) in [6.07, 6.45) is 2.02. The summed E-state index contributed by atoms with van der Waals surface area (Å²) in [6.45, 7) is 0.797. The molecule has 2 nitrogen and oxygen atoms in total. The van der Waals surface area contributed by atoms with Gasteiger partial charge in [-0.05, 0) is 18.6 Å². The maximum Gasteiger partial charge on any atom is 0.0933 e. The zero-order valence-electron chi connectivity index (χ0n) is 9.65. The Labute approximate surface area is 114 Å². The van der Waals surface area contributed by atoms with E-state index in [0.717, 1.165) is 35.2 Å². The van der Waals surface area contributed by atoms with E-state index >= 15 is 0 Å². The number of halogens is 1. The third kappa shape index (κ3) is 3.63. The molecule has 1 aromatic carbocycles. The molecule has 1 heterocycles. The van der Waals surface area contributed by atoms with Gasteiger partial charge in [0, 0.05) is 35.6 Å². The summed E-state index contributed by atoms with van der Waals surface area (Å²) in [7, 11) is 1.73. The highest BCUT2D eigenvalue weighted by molar-refractivity contribution is 9.10. The molecule has 1 aromatic heterocycles. The van der Waals surface area contributed by atoms with Crippen LogP contribution in [0.15, 0.2) is 34.1 Å². The van der Waals surface area contributed by atoms with Gasteiger partial charge in [-0.15, -0.1) is 11.3 Å². The van der Waals surface area contributed by atoms with Gasteiger partial charge in [-0.3, -0.25) is 0 Å². The first-order chi connectivity index (χ1) is 8.29. The molecule has 2 rings (SSSR count). The zero-order chi connectivity index (χ0) is 12.1. The molecule has 0 atom stereocenters. The first-order valence-corrected chi connectivity index (χ1v) is 7.16. The van der Waals surface area contributed by atoms with Crippen LogP contribution in [-0.2, 0) is 11.2 Å². The van der Waals surface area contributed by atoms with Gasteiger partial charge < -0.3 is 4.74 Å². The molecule has 0 N–H and O–H groups in total. The minimum Gasteiger partial charge on any atom is -0.385 e. The van der Waals surface area contributed by atoms with Crippen molar-refractivity contribution in [1.29, 1.82) is 0 Å². The molecule has 0 aliphatic carbocycles. The van der Waals surface area contributed by atoms with Crippen LogP contribution in [0.5, 0.6) is 0 Å². The molecule has 0 aliphatic rings. The number of ether oxygens (including phenoxy) is 1. The van der Waals surface area contributed by atoms with Gasteiger partial charge in [0.2, 0.25) is 0 Å². The van der Waals surface area contributed by atoms with E-state index in [1.807, 2.05) is 12.1 Å². The molecule has 2 aromatic rings. The predicted octanol–water partition coefficient (Wildman–Crippen LogP) is 4.15. The van der Waals surface area contributed by atoms with Gasteiger partial charge in [0.15, 0.2) is 0 Å². The van der Waals surface area contributed by atoms with Crippen molar-refractivity contribution >= 4 is 27.3 Å². The summed E-state index contributed by atoms with van der Waals surface area (Å²) in [4.78, 5) is 4.64. The highest BCUT2D eigenvalue weighted by Gasteiger charge is 2.04. The van der Waals surface area contributed by atoms with Crippen LogP contribution in [-0.4, -0.2) is 18.7 Å². The molecular formula is C13H14BrNOS. The third-order valence-corrected chi connectivity index (χ3v) is 3.81. The van der Waals surface area contributed by atoms with Crippen molar-refractivity contribution in [3.8, 4) is 11.3 Å². The second-order valence-corrected chi connectivity index (χ2v) is 5.59. The Bertz CT molecular complexity index is 484. The van der Waals surface area contributed by atoms with E-state index in [0.29, 0.717) is 0 Å². The van der Waals surface area contributed by atoms with Crippen LogP contribution in [0.1, 0.15) is 11.4 Å². The van der Waals surface area contributed by atoms with Crippen LogP contribution in [0.25, 0.3) is 11.3 Å². The lowest BCUT2D eigenvalue weighted by molar-refractivity contribution is 0.195. The Morgan fingerprint density at radius 3 is 3.06 bits per heavy atom. The number of rotatable bonds is 5. The van der Waals surface area contributed by atoms with Crippen LogP contribution >= 0.6 is 27.3 Å². The van der Waals surface area contributed by atoms with E-state index in [1.165, 1.54) is 5.01 Å². The monoisotopic (exact) mass is 311 g/mol. The summed E-state index contributed by atoms with van der Waals surface area (Å²) in [5, 5.41) is 3.29. The summed E-state index contributed by atoms with van der Waals surface area (Å²) < 4.78 is 6.13. The summed E-state index contributed by atoms with van der Waals surface area (Å²) in [6, 6.07) is 8.23. The number of thiazole rings is 1. The number of hydrogen-bond donors (Lipinski definition) is 0. The Balaban J connectivity index is 2.07. The highest BCUT2D eigenvalue weighted by atomic mass is 79.9. The van der Waals surface area contributed by atoms with Crippen molar-refractivity contribution in [3.05, 3.63) is 39.1 Å². The fraction of sp³-hybridized carbons (Fsp3) is 0.308. The molecule has 0 saturated heterocycles. The Kier molecular flexibility index (Phi) is 4.71. The van der Waals surface area contributed by atoms with Crippen molar-refractivity contribution in [2.24, 2.45) is 0 Å². The lowest BCUT2D eigenvalue weighted by Gasteiger charge is -1.97. The third-order valence-electron chi connectivity index (χ3n) is 2.41. The quantitative estimate of drug-likeness (QED) is 0.774. The molecule has 0 bridgehead atoms. The van der Waals surface area contributed by atoms with Crippen molar-refractivity contribution in [1.82, 2.24) is 4.98 Å². The summed E-state index contributed by atoms with van der Waals surface area (Å²) >= 11 is 5.20. The van der Waals surface area contributed by atoms with Gasteiger partial charge in [-0.1, -0.05) is 28.1 Å². The molecule has 0 saturated carbocycles. The number of aryl methyl sites for hydroxylation is 1. The molecule has 0 fully saturated rings. The SMILES string of the molecule is COCCCc1nc(-c2cccc(Br)c2)cs1. The minimum absolute atomic E-state index is 0.797. The van der Waals surface area contributed by atoms with E-state index in [-0.39, 0.29) is 0 Å². The maximum absolute atomic E-state index is 5.04. The van der Waals surface area contributed by atoms with Crippen LogP contribution in [0.4, 0.5) is 0 Å². The van der Waals surface area contributed by atoms with Crippen molar-refractivity contribution in [2.75, 3.05) is 13.7 Å². The molecule has 90 valence electrons. The Morgan fingerprint density at radius 2 is 2.29 bits per heavy atom. The van der Waals surface area contributed by atoms with Crippen LogP contribution < -0.4 is 0 Å². The van der Waals surface area contributed by atoms with Gasteiger partial charge in [0.25, 0.3) is 0 Å². The Morgan fingerprint density at radius 1 is 1.41 bits per heavy atom. The number of hydrogen-bond acceptors (Lipinski definition) is 3. The molecular weight excluding hydrogens is 298 g/mol. The largest absolute Gasteiger partial charge is 0.385 e. The molecule has 0 spiro atoms. The lowest BCUT2D eigenvalue weighted by atomic mass is 10.2. The van der Waals surface area contributed by atoms with E-state index in [1.54, 1.807) is 18.4 Å². The number of nitrogens with zero attached hydrogens (tertiary/aromatic N) is 1. The summed E-state index contributed by atoms with van der Waals surface area (Å²) in [5.74, 6) is 0. The fourth-order valence-electron chi connectivity index (χ4n) is 1.57. The second kappa shape index (κ2) is 6.28. The van der Waals surface area contributed by atoms with Crippen LogP contribution in [0.3, 0.4) is 0 Å². The number of benzene rings is 1. The molecule has 4 heteroatoms. The van der Waals surface area contributed by atoms with E-state index in [2.05, 4.69) is 38.4 Å². The van der Waals surface area contributed by atoms with E-state index in [9.17, 15) is 0 Å². The van der Waals surface area contributed by atoms with Crippen LogP contribution in [0.2, 0.25) is 0 Å². The van der Waals surface area contributed by atoms with Gasteiger partial charge in [-0.2, -0.15) is 0 Å². The van der Waals surface area contributed by atoms with Gasteiger partial charge >= 0.3 is 0 Å². The molecule has 0 aliphatic heterocycles. The Hall–Kier alpha value is -0.710. The van der Waals surface area contributed by atoms with E-state index < -0.39 is 0 Å². The van der Waals surface area contributed by atoms with Crippen LogP contribution in [0, 0.1) is 0 Å². The molecule has 0 radical (unpaired) electrons. The lowest BCUT2D eigenvalue weighted by Crippen LogP contribution is -1.92. The average Bonchev–Trinajstić information content (AvgIpc) is 2.78. The van der Waals surface area contributed by atoms with Gasteiger partial charge in [0.05, 0.1) is 10.7 Å². The first kappa shape index (κ1) is 12.7. The second-order valence-electron chi connectivity index (χ2n) is 3.73. The van der Waals surface area contributed by atoms with Crippen molar-refractivity contribution < 1.29 is 4.74 Å². The number of methoxy groups -OCH3 is 1. The molecule has 0 amide bonds. The first-order valence-electron chi connectivity index (χ1n) is 5.49. The molecule has 17 heavy (non-hydrogen) atoms. The number of aromatic nitrogens is 1. The van der Waals surface area contributed by atoms with E-state index in [4.69, 9.17) is 4.74 Å². The highest BCUT2D eigenvalue weighted by Crippen LogP contribution is 2.25. The standard InChI is InChI=1S/C13H14BrNOS/c1-16-7-3-6-13-15-12(9-17-13)10-4-2-5-11(14)8-10/h2,4-5,8-9H,3,6-7H2,1H3. The molecule has 0 unspecified atom stereocenters. The fourth-order valence-corrected chi connectivity index (χ4v) is 2.82. The smallest absolute Gasteiger partial charge is 0.0933 e. The summed E-state index contributed by atoms with van der Waals surface area (Å²) in [5.41, 5.74) is 2.22. The minimum atomic E-state index is 0.797. The normalized spacial score (nSPS) is 10.7.